The zero-order valence-corrected chi connectivity index (χ0v) is 14.1. The third-order valence-electron chi connectivity index (χ3n) is 4.57. The zero-order valence-electron chi connectivity index (χ0n) is 14.1. The highest BCUT2D eigenvalue weighted by molar-refractivity contribution is 5.97. The van der Waals surface area contributed by atoms with Gasteiger partial charge in [-0.25, -0.2) is 9.97 Å². The molecule has 6 nitrogen and oxygen atoms in total. The molecule has 1 aromatic rings. The van der Waals surface area contributed by atoms with Crippen LogP contribution in [0.25, 0.3) is 0 Å². The fourth-order valence-electron chi connectivity index (χ4n) is 3.33. The van der Waals surface area contributed by atoms with Gasteiger partial charge in [-0.1, -0.05) is 6.92 Å². The molecule has 1 amide bonds. The van der Waals surface area contributed by atoms with E-state index in [1.165, 1.54) is 12.8 Å². The Kier molecular flexibility index (Phi) is 5.10. The van der Waals surface area contributed by atoms with Crippen molar-refractivity contribution < 1.29 is 9.53 Å². The van der Waals surface area contributed by atoms with Gasteiger partial charge in [0.2, 0.25) is 5.95 Å². The van der Waals surface area contributed by atoms with Crippen molar-refractivity contribution in [3.05, 3.63) is 17.5 Å². The number of carbonyl (C=O) groups excluding carboxylic acids is 1. The molecule has 2 aliphatic heterocycles. The molecule has 23 heavy (non-hydrogen) atoms. The SMILES string of the molecule is CCOCCCN1Cc2nc(N3CCC[C@@H](C)C3)ncc2C1=O. The quantitative estimate of drug-likeness (QED) is 0.752. The average Bonchev–Trinajstić information content (AvgIpc) is 2.87. The van der Waals surface area contributed by atoms with Crippen LogP contribution in [-0.2, 0) is 11.3 Å². The lowest BCUT2D eigenvalue weighted by atomic mass is 10.0. The minimum atomic E-state index is 0.0510. The molecule has 0 radical (unpaired) electrons. The van der Waals surface area contributed by atoms with E-state index in [2.05, 4.69) is 21.8 Å². The summed E-state index contributed by atoms with van der Waals surface area (Å²) in [4.78, 5) is 25.6. The van der Waals surface area contributed by atoms with Crippen molar-refractivity contribution in [3.8, 4) is 0 Å². The van der Waals surface area contributed by atoms with Crippen LogP contribution in [0.5, 0.6) is 0 Å². The fourth-order valence-corrected chi connectivity index (χ4v) is 3.33. The van der Waals surface area contributed by atoms with Crippen LogP contribution < -0.4 is 4.90 Å². The van der Waals surface area contributed by atoms with E-state index in [1.54, 1.807) is 6.20 Å². The molecule has 0 spiro atoms. The lowest BCUT2D eigenvalue weighted by Gasteiger charge is -2.30. The summed E-state index contributed by atoms with van der Waals surface area (Å²) in [5, 5.41) is 0. The van der Waals surface area contributed by atoms with Crippen LogP contribution in [0, 0.1) is 5.92 Å². The van der Waals surface area contributed by atoms with Crippen molar-refractivity contribution >= 4 is 11.9 Å². The number of amides is 1. The van der Waals surface area contributed by atoms with Gasteiger partial charge in [0, 0.05) is 39.0 Å². The number of anilines is 1. The highest BCUT2D eigenvalue weighted by Crippen LogP contribution is 2.25. The predicted molar refractivity (Wildman–Crippen MR) is 88.5 cm³/mol. The van der Waals surface area contributed by atoms with Gasteiger partial charge in [-0.3, -0.25) is 4.79 Å². The van der Waals surface area contributed by atoms with E-state index in [0.29, 0.717) is 31.2 Å². The van der Waals surface area contributed by atoms with Gasteiger partial charge < -0.3 is 14.5 Å². The first kappa shape index (κ1) is 16.2. The maximum absolute atomic E-state index is 12.4. The van der Waals surface area contributed by atoms with Gasteiger partial charge in [-0.15, -0.1) is 0 Å². The Morgan fingerprint density at radius 3 is 3.09 bits per heavy atom. The van der Waals surface area contributed by atoms with Crippen LogP contribution in [0.3, 0.4) is 0 Å². The first-order valence-corrected chi connectivity index (χ1v) is 8.67. The molecule has 1 atom stereocenters. The molecule has 126 valence electrons. The van der Waals surface area contributed by atoms with E-state index in [1.807, 2.05) is 11.8 Å². The summed E-state index contributed by atoms with van der Waals surface area (Å²) in [6, 6.07) is 0. The Balaban J connectivity index is 1.65. The molecule has 0 N–H and O–H groups in total. The van der Waals surface area contributed by atoms with E-state index >= 15 is 0 Å². The van der Waals surface area contributed by atoms with Crippen LogP contribution >= 0.6 is 0 Å². The zero-order chi connectivity index (χ0) is 16.2. The molecule has 1 saturated heterocycles. The average molecular weight is 318 g/mol. The monoisotopic (exact) mass is 318 g/mol. The van der Waals surface area contributed by atoms with Crippen LogP contribution in [0.1, 0.15) is 49.2 Å². The Morgan fingerprint density at radius 1 is 1.43 bits per heavy atom. The topological polar surface area (TPSA) is 58.6 Å². The second kappa shape index (κ2) is 7.25. The summed E-state index contributed by atoms with van der Waals surface area (Å²) in [7, 11) is 0. The Labute approximate surface area is 137 Å². The van der Waals surface area contributed by atoms with E-state index in [0.717, 1.165) is 37.8 Å². The number of fused-ring (bicyclic) bond motifs is 1. The third kappa shape index (κ3) is 3.63. The molecule has 6 heteroatoms. The van der Waals surface area contributed by atoms with E-state index in [4.69, 9.17) is 4.74 Å². The minimum absolute atomic E-state index is 0.0510. The number of hydrogen-bond donors (Lipinski definition) is 0. The molecule has 1 fully saturated rings. The van der Waals surface area contributed by atoms with Crippen molar-refractivity contribution in [1.82, 2.24) is 14.9 Å². The summed E-state index contributed by atoms with van der Waals surface area (Å²) in [6.45, 7) is 8.99. The Morgan fingerprint density at radius 2 is 2.30 bits per heavy atom. The summed E-state index contributed by atoms with van der Waals surface area (Å²) in [5.41, 5.74) is 1.53. The predicted octanol–water partition coefficient (Wildman–Crippen LogP) is 2.10. The van der Waals surface area contributed by atoms with Gasteiger partial charge in [0.15, 0.2) is 0 Å². The van der Waals surface area contributed by atoms with Crippen molar-refractivity contribution in [3.63, 3.8) is 0 Å². The van der Waals surface area contributed by atoms with Crippen LogP contribution in [0.15, 0.2) is 6.20 Å². The van der Waals surface area contributed by atoms with E-state index < -0.39 is 0 Å². The van der Waals surface area contributed by atoms with Gasteiger partial charge >= 0.3 is 0 Å². The molecule has 0 aromatic carbocycles. The summed E-state index contributed by atoms with van der Waals surface area (Å²) in [6.07, 6.45) is 5.02. The van der Waals surface area contributed by atoms with Gasteiger partial charge in [-0.05, 0) is 32.1 Å². The second-order valence-electron chi connectivity index (χ2n) is 6.50. The molecule has 3 heterocycles. The van der Waals surface area contributed by atoms with Crippen LogP contribution in [0.4, 0.5) is 5.95 Å². The molecular weight excluding hydrogens is 292 g/mol. The van der Waals surface area contributed by atoms with Gasteiger partial charge in [-0.2, -0.15) is 0 Å². The van der Waals surface area contributed by atoms with Crippen molar-refractivity contribution in [2.24, 2.45) is 5.92 Å². The molecule has 0 saturated carbocycles. The standard InChI is InChI=1S/C17H26N4O2/c1-3-23-9-5-8-20-12-15-14(16(20)22)10-18-17(19-15)21-7-4-6-13(2)11-21/h10,13H,3-9,11-12H2,1-2H3/t13-/m1/s1. The molecular formula is C17H26N4O2. The molecule has 1 aromatic heterocycles. The van der Waals surface area contributed by atoms with Crippen molar-refractivity contribution in [2.75, 3.05) is 37.7 Å². The fraction of sp³-hybridized carbons (Fsp3) is 0.706. The minimum Gasteiger partial charge on any atom is -0.382 e. The summed E-state index contributed by atoms with van der Waals surface area (Å²) < 4.78 is 5.34. The Hall–Kier alpha value is -1.69. The highest BCUT2D eigenvalue weighted by atomic mass is 16.5. The number of piperidine rings is 1. The smallest absolute Gasteiger partial charge is 0.257 e. The number of aromatic nitrogens is 2. The van der Waals surface area contributed by atoms with Gasteiger partial charge in [0.05, 0.1) is 17.8 Å². The van der Waals surface area contributed by atoms with E-state index in [9.17, 15) is 4.79 Å². The number of carbonyl (C=O) groups is 1. The third-order valence-corrected chi connectivity index (χ3v) is 4.57. The number of nitrogens with zero attached hydrogens (tertiary/aromatic N) is 4. The number of hydrogen-bond acceptors (Lipinski definition) is 5. The first-order chi connectivity index (χ1) is 11.2. The van der Waals surface area contributed by atoms with E-state index in [-0.39, 0.29) is 5.91 Å². The normalized spacial score (nSPS) is 21.0. The van der Waals surface area contributed by atoms with Gasteiger partial charge in [0.1, 0.15) is 0 Å². The summed E-state index contributed by atoms with van der Waals surface area (Å²) >= 11 is 0. The molecule has 2 aliphatic rings. The Bertz CT molecular complexity index is 564. The molecule has 0 aliphatic carbocycles. The second-order valence-corrected chi connectivity index (χ2v) is 6.50. The summed E-state index contributed by atoms with van der Waals surface area (Å²) in [5.74, 6) is 1.51. The van der Waals surface area contributed by atoms with Crippen LogP contribution in [0.2, 0.25) is 0 Å². The largest absolute Gasteiger partial charge is 0.382 e. The molecule has 0 bridgehead atoms. The van der Waals surface area contributed by atoms with Gasteiger partial charge in [0.25, 0.3) is 5.91 Å². The van der Waals surface area contributed by atoms with Crippen LogP contribution in [-0.4, -0.2) is 53.6 Å². The number of rotatable bonds is 6. The molecule has 3 rings (SSSR count). The lowest BCUT2D eigenvalue weighted by Crippen LogP contribution is -2.35. The lowest BCUT2D eigenvalue weighted by molar-refractivity contribution is 0.0748. The molecule has 0 unspecified atom stereocenters. The number of ether oxygens (including phenoxy) is 1. The maximum atomic E-state index is 12.4. The first-order valence-electron chi connectivity index (χ1n) is 8.67. The highest BCUT2D eigenvalue weighted by Gasteiger charge is 2.30. The van der Waals surface area contributed by atoms with Crippen molar-refractivity contribution in [2.45, 2.75) is 39.7 Å². The maximum Gasteiger partial charge on any atom is 0.257 e. The van der Waals surface area contributed by atoms with Crippen molar-refractivity contribution in [1.29, 1.82) is 0 Å².